The summed E-state index contributed by atoms with van der Waals surface area (Å²) in [4.78, 5) is 0. The molecule has 0 fully saturated rings. The molecular weight excluding hydrogens is 264 g/mol. The van der Waals surface area contributed by atoms with Gasteiger partial charge in [0.25, 0.3) is 0 Å². The molecule has 0 saturated heterocycles. The second kappa shape index (κ2) is 6.02. The lowest BCUT2D eigenvalue weighted by Crippen LogP contribution is -1.99. The average Bonchev–Trinajstić information content (AvgIpc) is 2.46. The predicted molar refractivity (Wildman–Crippen MR) is 68.4 cm³/mol. The van der Waals surface area contributed by atoms with Crippen LogP contribution in [-0.2, 0) is 6.61 Å². The molecule has 0 unspecified atom stereocenters. The molecule has 0 amide bonds. The van der Waals surface area contributed by atoms with Gasteiger partial charge < -0.3 is 9.47 Å². The summed E-state index contributed by atoms with van der Waals surface area (Å²) in [6.07, 6.45) is 0. The summed E-state index contributed by atoms with van der Waals surface area (Å²) in [6.45, 7) is 0.0707. The SMILES string of the molecule is COc1ccc(COc2ccc(F)cc2F)cc1C#N. The summed E-state index contributed by atoms with van der Waals surface area (Å²) in [5.74, 6) is -1.00. The third-order valence-electron chi connectivity index (χ3n) is 2.67. The Balaban J connectivity index is 2.13. The van der Waals surface area contributed by atoms with Gasteiger partial charge in [-0.15, -0.1) is 0 Å². The smallest absolute Gasteiger partial charge is 0.167 e. The van der Waals surface area contributed by atoms with Crippen molar-refractivity contribution in [3.05, 3.63) is 59.2 Å². The first kappa shape index (κ1) is 13.8. The van der Waals surface area contributed by atoms with Crippen LogP contribution in [0.25, 0.3) is 0 Å². The zero-order chi connectivity index (χ0) is 14.5. The maximum absolute atomic E-state index is 13.4. The Bertz CT molecular complexity index is 665. The molecule has 0 aromatic heterocycles. The fraction of sp³-hybridized carbons (Fsp3) is 0.133. The highest BCUT2D eigenvalue weighted by molar-refractivity contribution is 5.45. The number of hydrogen-bond acceptors (Lipinski definition) is 3. The third-order valence-corrected chi connectivity index (χ3v) is 2.67. The third kappa shape index (κ3) is 3.04. The van der Waals surface area contributed by atoms with E-state index in [1.165, 1.54) is 13.2 Å². The normalized spacial score (nSPS) is 9.90. The fourth-order valence-corrected chi connectivity index (χ4v) is 1.69. The number of hydrogen-bond donors (Lipinski definition) is 0. The van der Waals surface area contributed by atoms with Crippen LogP contribution < -0.4 is 9.47 Å². The Morgan fingerprint density at radius 1 is 1.10 bits per heavy atom. The van der Waals surface area contributed by atoms with Crippen LogP contribution in [0.2, 0.25) is 0 Å². The summed E-state index contributed by atoms with van der Waals surface area (Å²) in [5, 5.41) is 8.96. The van der Waals surface area contributed by atoms with Crippen molar-refractivity contribution in [3.8, 4) is 17.6 Å². The molecule has 0 aliphatic heterocycles. The zero-order valence-electron chi connectivity index (χ0n) is 10.7. The molecule has 0 aliphatic carbocycles. The molecule has 0 aliphatic rings. The van der Waals surface area contributed by atoms with Gasteiger partial charge in [0.1, 0.15) is 24.2 Å². The molecule has 0 heterocycles. The molecule has 0 atom stereocenters. The van der Waals surface area contributed by atoms with E-state index in [1.54, 1.807) is 18.2 Å². The van der Waals surface area contributed by atoms with Gasteiger partial charge >= 0.3 is 0 Å². The van der Waals surface area contributed by atoms with Gasteiger partial charge in [-0.1, -0.05) is 6.07 Å². The molecule has 0 spiro atoms. The molecule has 0 bridgehead atoms. The number of benzene rings is 2. The fourth-order valence-electron chi connectivity index (χ4n) is 1.69. The Morgan fingerprint density at radius 2 is 1.85 bits per heavy atom. The van der Waals surface area contributed by atoms with Gasteiger partial charge in [-0.05, 0) is 29.8 Å². The van der Waals surface area contributed by atoms with E-state index < -0.39 is 11.6 Å². The second-order valence-electron chi connectivity index (χ2n) is 4.01. The molecule has 102 valence electrons. The van der Waals surface area contributed by atoms with E-state index in [9.17, 15) is 8.78 Å². The quantitative estimate of drug-likeness (QED) is 0.858. The number of methoxy groups -OCH3 is 1. The monoisotopic (exact) mass is 275 g/mol. The molecule has 0 radical (unpaired) electrons. The minimum atomic E-state index is -0.765. The second-order valence-corrected chi connectivity index (χ2v) is 4.01. The van der Waals surface area contributed by atoms with E-state index in [-0.39, 0.29) is 12.4 Å². The zero-order valence-corrected chi connectivity index (χ0v) is 10.7. The van der Waals surface area contributed by atoms with Gasteiger partial charge in [0.15, 0.2) is 11.6 Å². The van der Waals surface area contributed by atoms with Gasteiger partial charge in [0.05, 0.1) is 12.7 Å². The number of rotatable bonds is 4. The summed E-state index contributed by atoms with van der Waals surface area (Å²) in [6, 6.07) is 10.0. The molecule has 2 rings (SSSR count). The van der Waals surface area contributed by atoms with E-state index in [0.717, 1.165) is 12.1 Å². The predicted octanol–water partition coefficient (Wildman–Crippen LogP) is 3.42. The maximum Gasteiger partial charge on any atom is 0.167 e. The van der Waals surface area contributed by atoms with E-state index in [4.69, 9.17) is 14.7 Å². The van der Waals surface area contributed by atoms with Gasteiger partial charge in [0, 0.05) is 6.07 Å². The van der Waals surface area contributed by atoms with Crippen molar-refractivity contribution in [1.82, 2.24) is 0 Å². The van der Waals surface area contributed by atoms with Crippen molar-refractivity contribution in [2.45, 2.75) is 6.61 Å². The van der Waals surface area contributed by atoms with E-state index in [2.05, 4.69) is 0 Å². The standard InChI is InChI=1S/C15H11F2NO2/c1-19-14-4-2-10(6-11(14)8-18)9-20-15-5-3-12(16)7-13(15)17/h2-7H,9H2,1H3. The first-order chi connectivity index (χ1) is 9.63. The first-order valence-electron chi connectivity index (χ1n) is 5.79. The first-order valence-corrected chi connectivity index (χ1v) is 5.79. The molecule has 2 aromatic carbocycles. The van der Waals surface area contributed by atoms with Crippen LogP contribution in [0.1, 0.15) is 11.1 Å². The number of halogens is 2. The van der Waals surface area contributed by atoms with E-state index in [0.29, 0.717) is 16.9 Å². The molecule has 2 aromatic rings. The largest absolute Gasteiger partial charge is 0.495 e. The Kier molecular flexibility index (Phi) is 4.16. The highest BCUT2D eigenvalue weighted by Gasteiger charge is 2.07. The van der Waals surface area contributed by atoms with E-state index in [1.807, 2.05) is 6.07 Å². The Labute approximate surface area is 115 Å². The molecule has 0 saturated carbocycles. The van der Waals surface area contributed by atoms with Gasteiger partial charge in [-0.25, -0.2) is 8.78 Å². The van der Waals surface area contributed by atoms with Crippen LogP contribution in [-0.4, -0.2) is 7.11 Å². The highest BCUT2D eigenvalue weighted by atomic mass is 19.1. The summed E-state index contributed by atoms with van der Waals surface area (Å²) in [5.41, 5.74) is 1.05. The van der Waals surface area contributed by atoms with Crippen LogP contribution in [0, 0.1) is 23.0 Å². The van der Waals surface area contributed by atoms with E-state index >= 15 is 0 Å². The van der Waals surface area contributed by atoms with Gasteiger partial charge in [0.2, 0.25) is 0 Å². The number of nitriles is 1. The molecule has 3 nitrogen and oxygen atoms in total. The van der Waals surface area contributed by atoms with Crippen molar-refractivity contribution in [1.29, 1.82) is 5.26 Å². The summed E-state index contributed by atoms with van der Waals surface area (Å²) < 4.78 is 36.4. The number of nitrogens with zero attached hydrogens (tertiary/aromatic N) is 1. The van der Waals surface area contributed by atoms with Gasteiger partial charge in [-0.2, -0.15) is 5.26 Å². The maximum atomic E-state index is 13.4. The minimum absolute atomic E-state index is 0.0410. The number of ether oxygens (including phenoxy) is 2. The van der Waals surface area contributed by atoms with Crippen molar-refractivity contribution in [3.63, 3.8) is 0 Å². The van der Waals surface area contributed by atoms with Crippen LogP contribution >= 0.6 is 0 Å². The molecule has 5 heteroatoms. The molecule has 20 heavy (non-hydrogen) atoms. The topological polar surface area (TPSA) is 42.2 Å². The lowest BCUT2D eigenvalue weighted by Gasteiger charge is -2.09. The van der Waals surface area contributed by atoms with Crippen molar-refractivity contribution < 1.29 is 18.3 Å². The summed E-state index contributed by atoms with van der Waals surface area (Å²) >= 11 is 0. The van der Waals surface area contributed by atoms with Crippen molar-refractivity contribution in [2.24, 2.45) is 0 Å². The van der Waals surface area contributed by atoms with Crippen LogP contribution in [0.3, 0.4) is 0 Å². The Hall–Kier alpha value is -2.61. The summed E-state index contributed by atoms with van der Waals surface area (Å²) in [7, 11) is 1.47. The van der Waals surface area contributed by atoms with Crippen molar-refractivity contribution in [2.75, 3.05) is 7.11 Å². The highest BCUT2D eigenvalue weighted by Crippen LogP contribution is 2.22. The van der Waals surface area contributed by atoms with Crippen molar-refractivity contribution >= 4 is 0 Å². The lowest BCUT2D eigenvalue weighted by molar-refractivity contribution is 0.289. The average molecular weight is 275 g/mol. The molecular formula is C15H11F2NO2. The van der Waals surface area contributed by atoms with Crippen LogP contribution in [0.15, 0.2) is 36.4 Å². The van der Waals surface area contributed by atoms with Crippen LogP contribution in [0.4, 0.5) is 8.78 Å². The van der Waals surface area contributed by atoms with Gasteiger partial charge in [-0.3, -0.25) is 0 Å². The molecule has 0 N–H and O–H groups in total. The minimum Gasteiger partial charge on any atom is -0.495 e. The lowest BCUT2D eigenvalue weighted by atomic mass is 10.1. The van der Waals surface area contributed by atoms with Crippen LogP contribution in [0.5, 0.6) is 11.5 Å². The Morgan fingerprint density at radius 3 is 2.50 bits per heavy atom.